The van der Waals surface area contributed by atoms with Crippen LogP contribution in [0.1, 0.15) is 5.56 Å². The predicted molar refractivity (Wildman–Crippen MR) is 63.9 cm³/mol. The lowest BCUT2D eigenvalue weighted by Gasteiger charge is -2.13. The molecule has 0 aliphatic heterocycles. The minimum atomic E-state index is -0.348. The Hall–Kier alpha value is -1.26. The number of rotatable bonds is 4. The first kappa shape index (κ1) is 14.7. The summed E-state index contributed by atoms with van der Waals surface area (Å²) in [5.74, 6) is -0.0663. The SMILES string of the molecule is CNC(Cc1ccc(O)cc1)C(=O)OC.Cl. The van der Waals surface area contributed by atoms with Crippen molar-refractivity contribution in [3.05, 3.63) is 29.8 Å². The Balaban J connectivity index is 0.00000225. The fourth-order valence-electron chi connectivity index (χ4n) is 1.31. The number of carbonyl (C=O) groups excluding carboxylic acids is 1. The van der Waals surface area contributed by atoms with E-state index in [2.05, 4.69) is 10.1 Å². The Morgan fingerprint density at radius 2 is 2.00 bits per heavy atom. The number of esters is 1. The summed E-state index contributed by atoms with van der Waals surface area (Å²) in [6.07, 6.45) is 0.545. The number of methoxy groups -OCH3 is 1. The molecule has 0 saturated carbocycles. The van der Waals surface area contributed by atoms with Crippen LogP contribution < -0.4 is 5.32 Å². The van der Waals surface area contributed by atoms with Crippen molar-refractivity contribution in [1.29, 1.82) is 0 Å². The monoisotopic (exact) mass is 245 g/mol. The van der Waals surface area contributed by atoms with E-state index in [4.69, 9.17) is 5.11 Å². The smallest absolute Gasteiger partial charge is 0.323 e. The third kappa shape index (κ3) is 4.08. The number of aromatic hydroxyl groups is 1. The van der Waals surface area contributed by atoms with E-state index in [0.717, 1.165) is 5.56 Å². The molecular formula is C11H16ClNO3. The molecule has 16 heavy (non-hydrogen) atoms. The quantitative estimate of drug-likeness (QED) is 0.781. The van der Waals surface area contributed by atoms with Gasteiger partial charge in [0.05, 0.1) is 7.11 Å². The second kappa shape index (κ2) is 7.09. The average molecular weight is 246 g/mol. The largest absolute Gasteiger partial charge is 0.508 e. The molecule has 1 rings (SSSR count). The summed E-state index contributed by atoms with van der Waals surface area (Å²) in [7, 11) is 3.07. The van der Waals surface area contributed by atoms with Gasteiger partial charge in [-0.3, -0.25) is 4.79 Å². The Morgan fingerprint density at radius 1 is 1.44 bits per heavy atom. The maximum atomic E-state index is 11.3. The lowest BCUT2D eigenvalue weighted by molar-refractivity contribution is -0.142. The van der Waals surface area contributed by atoms with Gasteiger partial charge in [0, 0.05) is 0 Å². The van der Waals surface area contributed by atoms with Gasteiger partial charge in [0.1, 0.15) is 11.8 Å². The van der Waals surface area contributed by atoms with Gasteiger partial charge in [-0.2, -0.15) is 0 Å². The van der Waals surface area contributed by atoms with Gasteiger partial charge in [0.15, 0.2) is 0 Å². The maximum absolute atomic E-state index is 11.3. The van der Waals surface area contributed by atoms with Crippen molar-refractivity contribution in [1.82, 2.24) is 5.32 Å². The van der Waals surface area contributed by atoms with E-state index in [0.29, 0.717) is 6.42 Å². The summed E-state index contributed by atoms with van der Waals surface area (Å²) >= 11 is 0. The summed E-state index contributed by atoms with van der Waals surface area (Å²) in [6, 6.07) is 6.41. The Morgan fingerprint density at radius 3 is 2.44 bits per heavy atom. The molecule has 0 fully saturated rings. The Kier molecular flexibility index (Phi) is 6.53. The van der Waals surface area contributed by atoms with Crippen LogP contribution in [0.2, 0.25) is 0 Å². The zero-order valence-corrected chi connectivity index (χ0v) is 10.1. The number of likely N-dealkylation sites (N-methyl/N-ethyl adjacent to an activating group) is 1. The summed E-state index contributed by atoms with van der Waals surface area (Å²) in [5, 5.41) is 12.0. The molecule has 0 bridgehead atoms. The normalized spacial score (nSPS) is 11.4. The minimum absolute atomic E-state index is 0. The number of benzene rings is 1. The van der Waals surface area contributed by atoms with Gasteiger partial charge in [0.2, 0.25) is 0 Å². The van der Waals surface area contributed by atoms with E-state index < -0.39 is 0 Å². The first-order chi connectivity index (χ1) is 7.17. The molecule has 1 atom stereocenters. The van der Waals surface area contributed by atoms with Crippen LogP contribution in [0.4, 0.5) is 0 Å². The lowest BCUT2D eigenvalue weighted by atomic mass is 10.1. The number of halogens is 1. The van der Waals surface area contributed by atoms with Crippen LogP contribution in [0.25, 0.3) is 0 Å². The van der Waals surface area contributed by atoms with Crippen LogP contribution in [-0.2, 0) is 16.0 Å². The van der Waals surface area contributed by atoms with Crippen LogP contribution in [0.3, 0.4) is 0 Å². The van der Waals surface area contributed by atoms with Crippen molar-refractivity contribution in [2.75, 3.05) is 14.2 Å². The fraction of sp³-hybridized carbons (Fsp3) is 0.364. The van der Waals surface area contributed by atoms with E-state index in [1.165, 1.54) is 7.11 Å². The molecule has 4 nitrogen and oxygen atoms in total. The van der Waals surface area contributed by atoms with Gasteiger partial charge < -0.3 is 15.2 Å². The van der Waals surface area contributed by atoms with E-state index >= 15 is 0 Å². The van der Waals surface area contributed by atoms with Gasteiger partial charge in [-0.1, -0.05) is 12.1 Å². The van der Waals surface area contributed by atoms with Crippen LogP contribution in [0.15, 0.2) is 24.3 Å². The number of hydrogen-bond donors (Lipinski definition) is 2. The van der Waals surface area contributed by atoms with Crippen LogP contribution in [0.5, 0.6) is 5.75 Å². The average Bonchev–Trinajstić information content (AvgIpc) is 2.27. The van der Waals surface area contributed by atoms with Gasteiger partial charge in [-0.15, -0.1) is 12.4 Å². The molecule has 0 aliphatic rings. The number of ether oxygens (including phenoxy) is 1. The third-order valence-corrected chi connectivity index (χ3v) is 2.21. The summed E-state index contributed by atoms with van der Waals surface area (Å²) in [6.45, 7) is 0. The zero-order valence-electron chi connectivity index (χ0n) is 9.27. The number of hydrogen-bond acceptors (Lipinski definition) is 4. The molecule has 1 unspecified atom stereocenters. The standard InChI is InChI=1S/C11H15NO3.ClH/c1-12-10(11(14)15-2)7-8-3-5-9(13)6-4-8;/h3-6,10,12-13H,7H2,1-2H3;1H. The van der Waals surface area contributed by atoms with Crippen molar-refractivity contribution in [2.45, 2.75) is 12.5 Å². The van der Waals surface area contributed by atoms with E-state index in [1.807, 2.05) is 0 Å². The van der Waals surface area contributed by atoms with Crippen molar-refractivity contribution in [2.24, 2.45) is 0 Å². The molecule has 0 radical (unpaired) electrons. The van der Waals surface area contributed by atoms with Crippen LogP contribution >= 0.6 is 12.4 Å². The van der Waals surface area contributed by atoms with E-state index in [1.54, 1.807) is 31.3 Å². The number of carbonyl (C=O) groups is 1. The highest BCUT2D eigenvalue weighted by Crippen LogP contribution is 2.11. The molecule has 2 N–H and O–H groups in total. The Bertz CT molecular complexity index is 327. The van der Waals surface area contributed by atoms with Gasteiger partial charge in [0.25, 0.3) is 0 Å². The second-order valence-corrected chi connectivity index (χ2v) is 3.23. The molecule has 0 aliphatic carbocycles. The molecule has 0 aromatic heterocycles. The molecule has 5 heteroatoms. The highest BCUT2D eigenvalue weighted by Gasteiger charge is 2.16. The molecule has 1 aromatic carbocycles. The second-order valence-electron chi connectivity index (χ2n) is 3.23. The van der Waals surface area contributed by atoms with Gasteiger partial charge in [-0.25, -0.2) is 0 Å². The van der Waals surface area contributed by atoms with Crippen molar-refractivity contribution >= 4 is 18.4 Å². The summed E-state index contributed by atoms with van der Waals surface area (Å²) in [5.41, 5.74) is 0.970. The van der Waals surface area contributed by atoms with Crippen molar-refractivity contribution in [3.8, 4) is 5.75 Å². The highest BCUT2D eigenvalue weighted by molar-refractivity contribution is 5.85. The van der Waals surface area contributed by atoms with Gasteiger partial charge >= 0.3 is 5.97 Å². The fourth-order valence-corrected chi connectivity index (χ4v) is 1.31. The number of phenolic OH excluding ortho intramolecular Hbond substituents is 1. The molecule has 0 spiro atoms. The molecule has 90 valence electrons. The van der Waals surface area contributed by atoms with E-state index in [-0.39, 0.29) is 30.2 Å². The van der Waals surface area contributed by atoms with E-state index in [9.17, 15) is 4.79 Å². The lowest BCUT2D eigenvalue weighted by Crippen LogP contribution is -2.36. The third-order valence-electron chi connectivity index (χ3n) is 2.21. The molecule has 1 aromatic rings. The topological polar surface area (TPSA) is 58.6 Å². The van der Waals surface area contributed by atoms with Crippen LogP contribution in [0, 0.1) is 0 Å². The molecular weight excluding hydrogens is 230 g/mol. The first-order valence-electron chi connectivity index (χ1n) is 4.70. The Labute approximate surface area is 101 Å². The van der Waals surface area contributed by atoms with Gasteiger partial charge in [-0.05, 0) is 31.2 Å². The number of phenols is 1. The zero-order chi connectivity index (χ0) is 11.3. The predicted octanol–water partition coefficient (Wildman–Crippen LogP) is 1.12. The highest BCUT2D eigenvalue weighted by atomic mass is 35.5. The molecule has 0 heterocycles. The van der Waals surface area contributed by atoms with Crippen LogP contribution in [-0.4, -0.2) is 31.3 Å². The minimum Gasteiger partial charge on any atom is -0.508 e. The summed E-state index contributed by atoms with van der Waals surface area (Å²) in [4.78, 5) is 11.3. The molecule has 0 amide bonds. The first-order valence-corrected chi connectivity index (χ1v) is 4.70. The van der Waals surface area contributed by atoms with Crippen molar-refractivity contribution < 1.29 is 14.6 Å². The van der Waals surface area contributed by atoms with Crippen molar-refractivity contribution in [3.63, 3.8) is 0 Å². The summed E-state index contributed by atoms with van der Waals surface area (Å²) < 4.78 is 4.65. The number of nitrogens with one attached hydrogen (secondary N) is 1. The maximum Gasteiger partial charge on any atom is 0.323 e. The molecule has 0 saturated heterocycles.